The average molecular weight is 359 g/mol. The summed E-state index contributed by atoms with van der Waals surface area (Å²) in [4.78, 5) is 27.0. The molecule has 0 aliphatic heterocycles. The molecule has 2 rings (SSSR count). The van der Waals surface area contributed by atoms with Crippen molar-refractivity contribution in [2.24, 2.45) is 0 Å². The lowest BCUT2D eigenvalue weighted by atomic mass is 10.2. The van der Waals surface area contributed by atoms with Crippen molar-refractivity contribution in [2.75, 3.05) is 11.9 Å². The number of esters is 1. The van der Waals surface area contributed by atoms with Gasteiger partial charge in [0, 0.05) is 18.1 Å². The van der Waals surface area contributed by atoms with Gasteiger partial charge in [0.1, 0.15) is 0 Å². The molecule has 0 saturated heterocycles. The van der Waals surface area contributed by atoms with Gasteiger partial charge in [-0.1, -0.05) is 11.6 Å². The van der Waals surface area contributed by atoms with E-state index < -0.39 is 35.2 Å². The fourth-order valence-electron chi connectivity index (χ4n) is 1.72. The molecule has 0 bridgehead atoms. The van der Waals surface area contributed by atoms with Gasteiger partial charge in [-0.15, -0.1) is 0 Å². The van der Waals surface area contributed by atoms with Gasteiger partial charge in [0.05, 0.1) is 16.1 Å². The zero-order valence-electron chi connectivity index (χ0n) is 11.9. The number of ether oxygens (including phenoxy) is 1. The van der Waals surface area contributed by atoms with Crippen LogP contribution >= 0.6 is 11.6 Å². The van der Waals surface area contributed by atoms with Crippen LogP contribution in [-0.2, 0) is 15.7 Å². The number of nitrogens with zero attached hydrogens (tertiary/aromatic N) is 1. The summed E-state index contributed by atoms with van der Waals surface area (Å²) in [5.41, 5.74) is -0.990. The second-order valence-electron chi connectivity index (χ2n) is 4.55. The largest absolute Gasteiger partial charge is 0.452 e. The average Bonchev–Trinajstić information content (AvgIpc) is 2.54. The van der Waals surface area contributed by atoms with E-state index in [1.807, 2.05) is 0 Å². The number of nitrogens with one attached hydrogen (secondary N) is 1. The third kappa shape index (κ3) is 4.69. The molecule has 1 aromatic carbocycles. The fraction of sp³-hybridized carbons (Fsp3) is 0.133. The number of anilines is 1. The molecule has 1 heterocycles. The molecule has 0 fully saturated rings. The minimum atomic E-state index is -4.65. The van der Waals surface area contributed by atoms with E-state index in [9.17, 15) is 22.8 Å². The molecule has 0 aliphatic carbocycles. The Labute approximate surface area is 139 Å². The molecule has 5 nitrogen and oxygen atoms in total. The number of aromatic nitrogens is 1. The van der Waals surface area contributed by atoms with Crippen LogP contribution in [-0.4, -0.2) is 23.5 Å². The lowest BCUT2D eigenvalue weighted by molar-refractivity contribution is -0.137. The van der Waals surface area contributed by atoms with Gasteiger partial charge in [0.2, 0.25) is 0 Å². The van der Waals surface area contributed by atoms with Gasteiger partial charge in [-0.05, 0) is 30.3 Å². The molecule has 0 aliphatic rings. The van der Waals surface area contributed by atoms with Crippen molar-refractivity contribution in [1.29, 1.82) is 0 Å². The second kappa shape index (κ2) is 7.31. The zero-order valence-corrected chi connectivity index (χ0v) is 12.7. The van der Waals surface area contributed by atoms with Crippen LogP contribution in [0.5, 0.6) is 0 Å². The van der Waals surface area contributed by atoms with Crippen LogP contribution in [0, 0.1) is 0 Å². The number of carbonyl (C=O) groups is 2. The van der Waals surface area contributed by atoms with Crippen LogP contribution in [0.25, 0.3) is 0 Å². The molecule has 0 atom stereocenters. The van der Waals surface area contributed by atoms with Crippen LogP contribution in [0.2, 0.25) is 5.02 Å². The summed E-state index contributed by atoms with van der Waals surface area (Å²) in [7, 11) is 0. The van der Waals surface area contributed by atoms with Crippen molar-refractivity contribution in [3.8, 4) is 0 Å². The standard InChI is InChI=1S/C15H10ClF3N2O3/c16-12-2-1-10(7-11(12)15(17,18)19)21-13(22)8-24-14(23)9-3-5-20-6-4-9/h1-7H,8H2,(H,21,22). The summed E-state index contributed by atoms with van der Waals surface area (Å²) in [6.45, 7) is -0.648. The molecule has 126 valence electrons. The van der Waals surface area contributed by atoms with Gasteiger partial charge in [-0.2, -0.15) is 13.2 Å². The number of pyridine rings is 1. The number of rotatable bonds is 4. The predicted molar refractivity (Wildman–Crippen MR) is 79.6 cm³/mol. The van der Waals surface area contributed by atoms with E-state index in [-0.39, 0.29) is 11.3 Å². The molecule has 0 spiro atoms. The number of amides is 1. The maximum absolute atomic E-state index is 12.7. The Morgan fingerprint density at radius 1 is 1.17 bits per heavy atom. The van der Waals surface area contributed by atoms with Gasteiger partial charge >= 0.3 is 12.1 Å². The first-order valence-corrected chi connectivity index (χ1v) is 6.89. The van der Waals surface area contributed by atoms with Gasteiger partial charge in [-0.25, -0.2) is 4.79 Å². The summed E-state index contributed by atoms with van der Waals surface area (Å²) < 4.78 is 43.0. The number of alkyl halides is 3. The number of hydrogen-bond donors (Lipinski definition) is 1. The topological polar surface area (TPSA) is 68.3 Å². The second-order valence-corrected chi connectivity index (χ2v) is 4.96. The summed E-state index contributed by atoms with van der Waals surface area (Å²) in [5.74, 6) is -1.53. The SMILES string of the molecule is O=C(COC(=O)c1ccncc1)Nc1ccc(Cl)c(C(F)(F)F)c1. The van der Waals surface area contributed by atoms with Crippen LogP contribution < -0.4 is 5.32 Å². The van der Waals surface area contributed by atoms with Crippen molar-refractivity contribution in [2.45, 2.75) is 6.18 Å². The highest BCUT2D eigenvalue weighted by atomic mass is 35.5. The fourth-order valence-corrected chi connectivity index (χ4v) is 1.94. The molecular formula is C15H10ClF3N2O3. The molecule has 1 N–H and O–H groups in total. The lowest BCUT2D eigenvalue weighted by Crippen LogP contribution is -2.21. The highest BCUT2D eigenvalue weighted by Gasteiger charge is 2.33. The van der Waals surface area contributed by atoms with Gasteiger partial charge < -0.3 is 10.1 Å². The van der Waals surface area contributed by atoms with Crippen molar-refractivity contribution in [3.05, 3.63) is 58.9 Å². The van der Waals surface area contributed by atoms with E-state index in [1.165, 1.54) is 30.6 Å². The molecule has 1 aromatic heterocycles. The van der Waals surface area contributed by atoms with E-state index in [0.29, 0.717) is 6.07 Å². The van der Waals surface area contributed by atoms with E-state index in [1.54, 1.807) is 0 Å². The molecule has 2 aromatic rings. The maximum Gasteiger partial charge on any atom is 0.417 e. The summed E-state index contributed by atoms with van der Waals surface area (Å²) in [6.07, 6.45) is -1.89. The van der Waals surface area contributed by atoms with Crippen LogP contribution in [0.4, 0.5) is 18.9 Å². The summed E-state index contributed by atoms with van der Waals surface area (Å²) >= 11 is 5.48. The van der Waals surface area contributed by atoms with Crippen molar-refractivity contribution in [1.82, 2.24) is 4.98 Å². The van der Waals surface area contributed by atoms with E-state index in [0.717, 1.165) is 6.07 Å². The third-order valence-electron chi connectivity index (χ3n) is 2.81. The normalized spacial score (nSPS) is 11.0. The van der Waals surface area contributed by atoms with Crippen molar-refractivity contribution in [3.63, 3.8) is 0 Å². The molecule has 0 saturated carbocycles. The maximum atomic E-state index is 12.7. The zero-order chi connectivity index (χ0) is 17.7. The van der Waals surface area contributed by atoms with Crippen LogP contribution in [0.1, 0.15) is 15.9 Å². The monoisotopic (exact) mass is 358 g/mol. The quantitative estimate of drug-likeness (QED) is 0.849. The smallest absolute Gasteiger partial charge is 0.417 e. The van der Waals surface area contributed by atoms with E-state index in [2.05, 4.69) is 10.3 Å². The van der Waals surface area contributed by atoms with Gasteiger partial charge in [-0.3, -0.25) is 9.78 Å². The van der Waals surface area contributed by atoms with Crippen LogP contribution in [0.15, 0.2) is 42.7 Å². The lowest BCUT2D eigenvalue weighted by Gasteiger charge is -2.12. The minimum Gasteiger partial charge on any atom is -0.452 e. The van der Waals surface area contributed by atoms with E-state index in [4.69, 9.17) is 16.3 Å². The summed E-state index contributed by atoms with van der Waals surface area (Å²) in [6, 6.07) is 5.72. The Hall–Kier alpha value is -2.61. The number of carbonyl (C=O) groups excluding carboxylic acids is 2. The van der Waals surface area contributed by atoms with Crippen LogP contribution in [0.3, 0.4) is 0 Å². The molecule has 1 amide bonds. The Kier molecular flexibility index (Phi) is 5.40. The molecule has 0 radical (unpaired) electrons. The highest BCUT2D eigenvalue weighted by Crippen LogP contribution is 2.36. The first-order valence-electron chi connectivity index (χ1n) is 6.51. The van der Waals surface area contributed by atoms with Crippen molar-refractivity contribution < 1.29 is 27.5 Å². The minimum absolute atomic E-state index is 0.114. The highest BCUT2D eigenvalue weighted by molar-refractivity contribution is 6.31. The third-order valence-corrected chi connectivity index (χ3v) is 3.14. The first-order chi connectivity index (χ1) is 11.3. The molecule has 9 heteroatoms. The molecule has 0 unspecified atom stereocenters. The van der Waals surface area contributed by atoms with E-state index >= 15 is 0 Å². The Morgan fingerprint density at radius 2 is 1.83 bits per heavy atom. The van der Waals surface area contributed by atoms with Crippen molar-refractivity contribution >= 4 is 29.2 Å². The molecular weight excluding hydrogens is 349 g/mol. The molecule has 24 heavy (non-hydrogen) atoms. The number of benzene rings is 1. The number of halogens is 4. The number of hydrogen-bond acceptors (Lipinski definition) is 4. The Morgan fingerprint density at radius 3 is 2.46 bits per heavy atom. The van der Waals surface area contributed by atoms with Gasteiger partial charge in [0.25, 0.3) is 5.91 Å². The first kappa shape index (κ1) is 17.7. The van der Waals surface area contributed by atoms with Gasteiger partial charge in [0.15, 0.2) is 6.61 Å². The Balaban J connectivity index is 1.97. The predicted octanol–water partition coefficient (Wildman–Crippen LogP) is 3.55. The Bertz CT molecular complexity index is 751. The summed E-state index contributed by atoms with van der Waals surface area (Å²) in [5, 5.41) is 1.72.